The number of rotatable bonds is 13. The number of hydrogen-bond acceptors (Lipinski definition) is 2. The number of ether oxygens (including phenoxy) is 1. The van der Waals surface area contributed by atoms with E-state index in [1.165, 1.54) is 64.9 Å². The van der Waals surface area contributed by atoms with Crippen LogP contribution in [0.25, 0.3) is 0 Å². The molecule has 0 amide bonds. The molecule has 0 aliphatic carbocycles. The molecule has 2 heteroatoms. The maximum Gasteiger partial charge on any atom is 0.305 e. The fourth-order valence-electron chi connectivity index (χ4n) is 2.10. The fraction of sp³-hybridized carbons (Fsp3) is 0.824. The normalized spacial score (nSPS) is 11.1. The number of methoxy groups -OCH3 is 1. The van der Waals surface area contributed by atoms with E-state index in [9.17, 15) is 4.79 Å². The van der Waals surface area contributed by atoms with E-state index >= 15 is 0 Å². The van der Waals surface area contributed by atoms with Gasteiger partial charge in [-0.2, -0.15) is 0 Å². The van der Waals surface area contributed by atoms with Crippen LogP contribution in [0.1, 0.15) is 84.0 Å². The minimum Gasteiger partial charge on any atom is -0.469 e. The van der Waals surface area contributed by atoms with Crippen molar-refractivity contribution in [1.29, 1.82) is 0 Å². The summed E-state index contributed by atoms with van der Waals surface area (Å²) in [6, 6.07) is 0. The molecule has 2 nitrogen and oxygen atoms in total. The van der Waals surface area contributed by atoms with Crippen molar-refractivity contribution in [2.24, 2.45) is 0 Å². The Morgan fingerprint density at radius 3 is 1.95 bits per heavy atom. The monoisotopic (exact) mass is 268 g/mol. The highest BCUT2D eigenvalue weighted by molar-refractivity contribution is 5.68. The van der Waals surface area contributed by atoms with E-state index < -0.39 is 0 Å². The van der Waals surface area contributed by atoms with Crippen LogP contribution in [0.3, 0.4) is 0 Å². The first-order valence-electron chi connectivity index (χ1n) is 8.03. The van der Waals surface area contributed by atoms with Gasteiger partial charge in [0.05, 0.1) is 7.11 Å². The summed E-state index contributed by atoms with van der Waals surface area (Å²) < 4.78 is 4.59. The number of unbranched alkanes of at least 4 members (excludes halogenated alkanes) is 9. The third kappa shape index (κ3) is 15.2. The first kappa shape index (κ1) is 18.2. The SMILES string of the molecule is CCCCCCCCCC/C=C\CCCC(=O)OC. The molecule has 0 radical (unpaired) electrons. The Balaban J connectivity index is 3.10. The second-order valence-electron chi connectivity index (χ2n) is 5.20. The molecule has 0 spiro atoms. The molecule has 0 aromatic carbocycles. The molecule has 0 aromatic heterocycles. The molecule has 0 fully saturated rings. The summed E-state index contributed by atoms with van der Waals surface area (Å²) >= 11 is 0. The van der Waals surface area contributed by atoms with Crippen molar-refractivity contribution in [1.82, 2.24) is 0 Å². The van der Waals surface area contributed by atoms with Gasteiger partial charge >= 0.3 is 5.97 Å². The summed E-state index contributed by atoms with van der Waals surface area (Å²) in [5.41, 5.74) is 0. The molecule has 0 bridgehead atoms. The quantitative estimate of drug-likeness (QED) is 0.253. The Morgan fingerprint density at radius 1 is 0.842 bits per heavy atom. The fourth-order valence-corrected chi connectivity index (χ4v) is 2.10. The zero-order valence-electron chi connectivity index (χ0n) is 13.0. The van der Waals surface area contributed by atoms with Gasteiger partial charge in [-0.25, -0.2) is 0 Å². The van der Waals surface area contributed by atoms with Crippen LogP contribution in [0, 0.1) is 0 Å². The lowest BCUT2D eigenvalue weighted by Crippen LogP contribution is -1.98. The van der Waals surface area contributed by atoms with E-state index in [4.69, 9.17) is 0 Å². The standard InChI is InChI=1S/C17H32O2/c1-3-4-5-6-7-8-9-10-11-12-13-14-15-16-17(18)19-2/h12-13H,3-11,14-16H2,1-2H3/b13-12-. The van der Waals surface area contributed by atoms with Gasteiger partial charge in [0.25, 0.3) is 0 Å². The van der Waals surface area contributed by atoms with Gasteiger partial charge in [-0.05, 0) is 25.7 Å². The van der Waals surface area contributed by atoms with E-state index in [1.807, 2.05) is 0 Å². The highest BCUT2D eigenvalue weighted by atomic mass is 16.5. The maximum absolute atomic E-state index is 10.9. The topological polar surface area (TPSA) is 26.3 Å². The summed E-state index contributed by atoms with van der Waals surface area (Å²) in [6.45, 7) is 2.26. The molecule has 112 valence electrons. The van der Waals surface area contributed by atoms with Crippen LogP contribution in [-0.4, -0.2) is 13.1 Å². The Bertz CT molecular complexity index is 221. The zero-order valence-corrected chi connectivity index (χ0v) is 13.0. The van der Waals surface area contributed by atoms with Crippen molar-refractivity contribution in [3.8, 4) is 0 Å². The molecule has 0 atom stereocenters. The maximum atomic E-state index is 10.9. The molecular formula is C17H32O2. The van der Waals surface area contributed by atoms with Gasteiger partial charge in [0.15, 0.2) is 0 Å². The van der Waals surface area contributed by atoms with Crippen LogP contribution in [0.2, 0.25) is 0 Å². The summed E-state index contributed by atoms with van der Waals surface area (Å²) in [6.07, 6.45) is 19.1. The Hall–Kier alpha value is -0.790. The van der Waals surface area contributed by atoms with Crippen molar-refractivity contribution >= 4 is 5.97 Å². The lowest BCUT2D eigenvalue weighted by atomic mass is 10.1. The summed E-state index contributed by atoms with van der Waals surface area (Å²) in [5, 5.41) is 0. The molecule has 19 heavy (non-hydrogen) atoms. The minimum atomic E-state index is -0.100. The average molecular weight is 268 g/mol. The molecule has 0 aliphatic heterocycles. The van der Waals surface area contributed by atoms with Gasteiger partial charge in [-0.15, -0.1) is 0 Å². The van der Waals surface area contributed by atoms with Crippen molar-refractivity contribution in [2.45, 2.75) is 84.0 Å². The van der Waals surface area contributed by atoms with Gasteiger partial charge in [0.2, 0.25) is 0 Å². The Labute approximate surface area is 119 Å². The lowest BCUT2D eigenvalue weighted by molar-refractivity contribution is -0.140. The third-order valence-electron chi connectivity index (χ3n) is 3.37. The Kier molecular flexibility index (Phi) is 14.6. The van der Waals surface area contributed by atoms with Crippen molar-refractivity contribution in [3.63, 3.8) is 0 Å². The molecule has 0 N–H and O–H groups in total. The van der Waals surface area contributed by atoms with Gasteiger partial charge in [-0.1, -0.05) is 64.0 Å². The largest absolute Gasteiger partial charge is 0.469 e. The van der Waals surface area contributed by atoms with Crippen molar-refractivity contribution in [3.05, 3.63) is 12.2 Å². The molecule has 0 aliphatic rings. The van der Waals surface area contributed by atoms with Gasteiger partial charge in [0, 0.05) is 6.42 Å². The minimum absolute atomic E-state index is 0.100. The van der Waals surface area contributed by atoms with Crippen LogP contribution in [-0.2, 0) is 9.53 Å². The number of esters is 1. The van der Waals surface area contributed by atoms with E-state index in [-0.39, 0.29) is 5.97 Å². The number of carbonyl (C=O) groups is 1. The van der Waals surface area contributed by atoms with Gasteiger partial charge in [-0.3, -0.25) is 4.79 Å². The second kappa shape index (κ2) is 15.3. The molecular weight excluding hydrogens is 236 g/mol. The van der Waals surface area contributed by atoms with Gasteiger partial charge in [0.1, 0.15) is 0 Å². The predicted molar refractivity (Wildman–Crippen MR) is 82.2 cm³/mol. The molecule has 0 heterocycles. The lowest BCUT2D eigenvalue weighted by Gasteiger charge is -2.00. The second-order valence-corrected chi connectivity index (χ2v) is 5.20. The molecule has 0 unspecified atom stereocenters. The van der Waals surface area contributed by atoms with Crippen LogP contribution < -0.4 is 0 Å². The zero-order chi connectivity index (χ0) is 14.2. The van der Waals surface area contributed by atoms with Crippen LogP contribution in [0.5, 0.6) is 0 Å². The molecule has 0 aromatic rings. The molecule has 0 rings (SSSR count). The van der Waals surface area contributed by atoms with Crippen molar-refractivity contribution in [2.75, 3.05) is 7.11 Å². The summed E-state index contributed by atoms with van der Waals surface area (Å²) in [4.78, 5) is 10.9. The summed E-state index contributed by atoms with van der Waals surface area (Å²) in [5.74, 6) is -0.100. The predicted octanol–water partition coefficient (Wildman–Crippen LogP) is 5.42. The summed E-state index contributed by atoms with van der Waals surface area (Å²) in [7, 11) is 1.44. The van der Waals surface area contributed by atoms with E-state index in [0.29, 0.717) is 6.42 Å². The van der Waals surface area contributed by atoms with Crippen molar-refractivity contribution < 1.29 is 9.53 Å². The molecule has 0 saturated carbocycles. The molecule has 0 saturated heterocycles. The number of hydrogen-bond donors (Lipinski definition) is 0. The van der Waals surface area contributed by atoms with Crippen LogP contribution >= 0.6 is 0 Å². The highest BCUT2D eigenvalue weighted by Crippen LogP contribution is 2.10. The average Bonchev–Trinajstić information content (AvgIpc) is 2.43. The highest BCUT2D eigenvalue weighted by Gasteiger charge is 1.96. The first-order valence-corrected chi connectivity index (χ1v) is 8.03. The third-order valence-corrected chi connectivity index (χ3v) is 3.37. The number of allylic oxidation sites excluding steroid dienone is 2. The Morgan fingerprint density at radius 2 is 1.37 bits per heavy atom. The van der Waals surface area contributed by atoms with E-state index in [1.54, 1.807) is 0 Å². The van der Waals surface area contributed by atoms with E-state index in [2.05, 4.69) is 23.8 Å². The number of carbonyl (C=O) groups excluding carboxylic acids is 1. The van der Waals surface area contributed by atoms with Gasteiger partial charge < -0.3 is 4.74 Å². The van der Waals surface area contributed by atoms with Crippen LogP contribution in [0.4, 0.5) is 0 Å². The van der Waals surface area contributed by atoms with E-state index in [0.717, 1.165) is 12.8 Å². The smallest absolute Gasteiger partial charge is 0.305 e. The first-order chi connectivity index (χ1) is 9.31. The van der Waals surface area contributed by atoms with Crippen LogP contribution in [0.15, 0.2) is 12.2 Å².